The fourth-order valence-electron chi connectivity index (χ4n) is 2.55. The van der Waals surface area contributed by atoms with Crippen LogP contribution in [-0.2, 0) is 0 Å². The SMILES string of the molecule is O=Cc1cc2c3ccccc3[nH]c2c2occc12. The number of aromatic nitrogens is 1. The van der Waals surface area contributed by atoms with Crippen molar-refractivity contribution in [2.75, 3.05) is 0 Å². The number of hydrogen-bond acceptors (Lipinski definition) is 2. The Morgan fingerprint density at radius 1 is 1.06 bits per heavy atom. The summed E-state index contributed by atoms with van der Waals surface area (Å²) in [4.78, 5) is 14.5. The number of hydrogen-bond donors (Lipinski definition) is 1. The van der Waals surface area contributed by atoms with E-state index in [1.54, 1.807) is 6.26 Å². The number of benzene rings is 2. The van der Waals surface area contributed by atoms with E-state index >= 15 is 0 Å². The maximum atomic E-state index is 11.2. The molecule has 2 aromatic heterocycles. The second-order valence-electron chi connectivity index (χ2n) is 4.34. The summed E-state index contributed by atoms with van der Waals surface area (Å²) in [5, 5.41) is 2.98. The van der Waals surface area contributed by atoms with Crippen molar-refractivity contribution in [1.29, 1.82) is 0 Å². The quantitative estimate of drug-likeness (QED) is 0.509. The molecule has 0 fully saturated rings. The Balaban J connectivity index is 2.36. The van der Waals surface area contributed by atoms with Crippen LogP contribution in [0.5, 0.6) is 0 Å². The average molecular weight is 235 g/mol. The summed E-state index contributed by atoms with van der Waals surface area (Å²) >= 11 is 0. The highest BCUT2D eigenvalue weighted by Gasteiger charge is 2.12. The van der Waals surface area contributed by atoms with Crippen molar-refractivity contribution in [3.63, 3.8) is 0 Å². The molecule has 86 valence electrons. The molecule has 0 unspecified atom stereocenters. The minimum atomic E-state index is 0.663. The van der Waals surface area contributed by atoms with Gasteiger partial charge in [0.1, 0.15) is 0 Å². The highest BCUT2D eigenvalue weighted by atomic mass is 16.3. The minimum absolute atomic E-state index is 0.663. The van der Waals surface area contributed by atoms with Gasteiger partial charge in [-0.05, 0) is 18.2 Å². The lowest BCUT2D eigenvalue weighted by molar-refractivity contribution is 0.112. The molecule has 0 aliphatic heterocycles. The molecule has 1 N–H and O–H groups in total. The number of aromatic amines is 1. The molecule has 0 radical (unpaired) electrons. The molecule has 0 aliphatic rings. The second kappa shape index (κ2) is 3.23. The van der Waals surface area contributed by atoms with Crippen LogP contribution in [-0.4, -0.2) is 11.3 Å². The molecule has 3 nitrogen and oxygen atoms in total. The fourth-order valence-corrected chi connectivity index (χ4v) is 2.55. The third kappa shape index (κ3) is 1.06. The zero-order chi connectivity index (χ0) is 12.1. The van der Waals surface area contributed by atoms with Crippen LogP contribution in [0.2, 0.25) is 0 Å². The molecule has 0 aliphatic carbocycles. The summed E-state index contributed by atoms with van der Waals surface area (Å²) in [6.45, 7) is 0. The smallest absolute Gasteiger partial charge is 0.158 e. The van der Waals surface area contributed by atoms with E-state index in [2.05, 4.69) is 4.98 Å². The van der Waals surface area contributed by atoms with Crippen LogP contribution in [0.15, 0.2) is 47.1 Å². The number of rotatable bonds is 1. The van der Waals surface area contributed by atoms with Crippen LogP contribution in [0.1, 0.15) is 10.4 Å². The minimum Gasteiger partial charge on any atom is -0.462 e. The zero-order valence-corrected chi connectivity index (χ0v) is 9.44. The predicted octanol–water partition coefficient (Wildman–Crippen LogP) is 3.88. The van der Waals surface area contributed by atoms with Gasteiger partial charge in [-0.3, -0.25) is 4.79 Å². The molecular formula is C15H9NO2. The van der Waals surface area contributed by atoms with E-state index in [4.69, 9.17) is 4.42 Å². The van der Waals surface area contributed by atoms with Crippen LogP contribution in [0.25, 0.3) is 32.8 Å². The van der Waals surface area contributed by atoms with Crippen LogP contribution in [0.3, 0.4) is 0 Å². The molecule has 0 saturated heterocycles. The summed E-state index contributed by atoms with van der Waals surface area (Å²) in [6, 6.07) is 11.8. The number of carbonyl (C=O) groups excluding carboxylic acids is 1. The monoisotopic (exact) mass is 235 g/mol. The van der Waals surface area contributed by atoms with Gasteiger partial charge >= 0.3 is 0 Å². The highest BCUT2D eigenvalue weighted by molar-refractivity contribution is 6.18. The van der Waals surface area contributed by atoms with Gasteiger partial charge in [-0.1, -0.05) is 18.2 Å². The maximum Gasteiger partial charge on any atom is 0.158 e. The first-order chi connectivity index (χ1) is 8.88. The molecule has 0 spiro atoms. The molecule has 4 aromatic rings. The molecule has 2 aromatic carbocycles. The van der Waals surface area contributed by atoms with Gasteiger partial charge in [-0.25, -0.2) is 0 Å². The molecule has 0 atom stereocenters. The van der Waals surface area contributed by atoms with E-state index in [1.807, 2.05) is 36.4 Å². The standard InChI is InChI=1S/C15H9NO2/c17-8-9-7-12-11-3-1-2-4-13(11)16-14(12)15-10(9)5-6-18-15/h1-8,16H. The Morgan fingerprint density at radius 3 is 2.83 bits per heavy atom. The molecule has 3 heteroatoms. The van der Waals surface area contributed by atoms with Crippen molar-refractivity contribution in [3.05, 3.63) is 48.2 Å². The number of H-pyrrole nitrogens is 1. The number of aldehydes is 1. The van der Waals surface area contributed by atoms with Crippen LogP contribution >= 0.6 is 0 Å². The van der Waals surface area contributed by atoms with Gasteiger partial charge in [0, 0.05) is 27.2 Å². The van der Waals surface area contributed by atoms with E-state index in [0.717, 1.165) is 39.1 Å². The summed E-state index contributed by atoms with van der Waals surface area (Å²) in [5.41, 5.74) is 3.40. The van der Waals surface area contributed by atoms with E-state index in [0.29, 0.717) is 5.56 Å². The average Bonchev–Trinajstić information content (AvgIpc) is 3.01. The number of carbonyl (C=O) groups is 1. The van der Waals surface area contributed by atoms with Crippen molar-refractivity contribution in [2.45, 2.75) is 0 Å². The van der Waals surface area contributed by atoms with Gasteiger partial charge in [-0.2, -0.15) is 0 Å². The second-order valence-corrected chi connectivity index (χ2v) is 4.34. The Labute approximate surface area is 102 Å². The zero-order valence-electron chi connectivity index (χ0n) is 9.44. The van der Waals surface area contributed by atoms with Gasteiger partial charge in [0.2, 0.25) is 0 Å². The van der Waals surface area contributed by atoms with Gasteiger partial charge in [0.15, 0.2) is 11.9 Å². The maximum absolute atomic E-state index is 11.2. The largest absolute Gasteiger partial charge is 0.462 e. The molecule has 0 amide bonds. The van der Waals surface area contributed by atoms with E-state index in [1.165, 1.54) is 0 Å². The lowest BCUT2D eigenvalue weighted by Gasteiger charge is -1.96. The predicted molar refractivity (Wildman–Crippen MR) is 71.0 cm³/mol. The normalized spacial score (nSPS) is 11.6. The van der Waals surface area contributed by atoms with Crippen molar-refractivity contribution < 1.29 is 9.21 Å². The first kappa shape index (κ1) is 9.48. The van der Waals surface area contributed by atoms with Gasteiger partial charge in [0.05, 0.1) is 11.8 Å². The van der Waals surface area contributed by atoms with Crippen molar-refractivity contribution >= 4 is 39.1 Å². The number of fused-ring (bicyclic) bond motifs is 5. The Hall–Kier alpha value is -2.55. The van der Waals surface area contributed by atoms with Crippen LogP contribution in [0.4, 0.5) is 0 Å². The van der Waals surface area contributed by atoms with Gasteiger partial charge in [0.25, 0.3) is 0 Å². The summed E-state index contributed by atoms with van der Waals surface area (Å²) in [5.74, 6) is 0. The highest BCUT2D eigenvalue weighted by Crippen LogP contribution is 2.33. The Bertz CT molecular complexity index is 899. The summed E-state index contributed by atoms with van der Waals surface area (Å²) < 4.78 is 5.51. The lowest BCUT2D eigenvalue weighted by Crippen LogP contribution is -1.81. The molecule has 0 saturated carbocycles. The fraction of sp³-hybridized carbons (Fsp3) is 0. The van der Waals surface area contributed by atoms with Crippen molar-refractivity contribution in [2.24, 2.45) is 0 Å². The summed E-state index contributed by atoms with van der Waals surface area (Å²) in [6.07, 6.45) is 2.49. The molecule has 0 bridgehead atoms. The van der Waals surface area contributed by atoms with E-state index in [9.17, 15) is 4.79 Å². The lowest BCUT2D eigenvalue weighted by atomic mass is 10.1. The Kier molecular flexibility index (Phi) is 1.70. The first-order valence-corrected chi connectivity index (χ1v) is 5.74. The van der Waals surface area contributed by atoms with Gasteiger partial charge < -0.3 is 9.40 Å². The van der Waals surface area contributed by atoms with E-state index in [-0.39, 0.29) is 0 Å². The van der Waals surface area contributed by atoms with Crippen molar-refractivity contribution in [1.82, 2.24) is 4.98 Å². The number of nitrogens with one attached hydrogen (secondary N) is 1. The van der Waals surface area contributed by atoms with Gasteiger partial charge in [-0.15, -0.1) is 0 Å². The third-order valence-corrected chi connectivity index (χ3v) is 3.38. The molecule has 2 heterocycles. The first-order valence-electron chi connectivity index (χ1n) is 5.74. The summed E-state index contributed by atoms with van der Waals surface area (Å²) in [7, 11) is 0. The molecule has 4 rings (SSSR count). The number of para-hydroxylation sites is 1. The number of furan rings is 1. The molecule has 18 heavy (non-hydrogen) atoms. The van der Waals surface area contributed by atoms with Crippen molar-refractivity contribution in [3.8, 4) is 0 Å². The third-order valence-electron chi connectivity index (χ3n) is 3.38. The van der Waals surface area contributed by atoms with Crippen LogP contribution in [0, 0.1) is 0 Å². The van der Waals surface area contributed by atoms with Crippen LogP contribution < -0.4 is 0 Å². The van der Waals surface area contributed by atoms with E-state index < -0.39 is 0 Å². The Morgan fingerprint density at radius 2 is 1.94 bits per heavy atom. The topological polar surface area (TPSA) is 46.0 Å². The molecular weight excluding hydrogens is 226 g/mol.